The van der Waals surface area contributed by atoms with E-state index < -0.39 is 0 Å². The molecule has 1 saturated heterocycles. The zero-order valence-corrected chi connectivity index (χ0v) is 16.7. The van der Waals surface area contributed by atoms with Crippen LogP contribution in [0.25, 0.3) is 10.6 Å². The minimum Gasteiger partial charge on any atom is -0.468 e. The predicted molar refractivity (Wildman–Crippen MR) is 108 cm³/mol. The average molecular weight is 411 g/mol. The van der Waals surface area contributed by atoms with Gasteiger partial charge in [0, 0.05) is 37.1 Å². The fourth-order valence-electron chi connectivity index (χ4n) is 3.60. The van der Waals surface area contributed by atoms with Crippen molar-refractivity contribution in [3.05, 3.63) is 53.4 Å². The maximum atomic E-state index is 12.7. The normalized spacial score (nSPS) is 16.3. The van der Waals surface area contributed by atoms with Crippen LogP contribution in [0.1, 0.15) is 11.5 Å². The van der Waals surface area contributed by atoms with Gasteiger partial charge in [-0.05, 0) is 30.3 Å². The smallest absolute Gasteiger partial charge is 0.231 e. The van der Waals surface area contributed by atoms with Crippen molar-refractivity contribution in [3.63, 3.8) is 0 Å². The van der Waals surface area contributed by atoms with Gasteiger partial charge >= 0.3 is 0 Å². The summed E-state index contributed by atoms with van der Waals surface area (Å²) in [6.45, 7) is 4.22. The summed E-state index contributed by atoms with van der Waals surface area (Å²) in [6, 6.07) is 9.69. The zero-order valence-electron chi connectivity index (χ0n) is 15.9. The van der Waals surface area contributed by atoms with Gasteiger partial charge in [-0.2, -0.15) is 0 Å². The molecule has 29 heavy (non-hydrogen) atoms. The highest BCUT2D eigenvalue weighted by atomic mass is 32.1. The number of ether oxygens (including phenoxy) is 2. The summed E-state index contributed by atoms with van der Waals surface area (Å²) in [5.41, 5.74) is 1.79. The Balaban J connectivity index is 1.17. The van der Waals surface area contributed by atoms with E-state index >= 15 is 0 Å². The number of carbonyl (C=O) groups excluding carboxylic acids is 1. The summed E-state index contributed by atoms with van der Waals surface area (Å²) in [5.74, 6) is 2.59. The molecule has 1 fully saturated rings. The maximum absolute atomic E-state index is 12.7. The van der Waals surface area contributed by atoms with Gasteiger partial charge in [-0.15, -0.1) is 11.3 Å². The third-order valence-corrected chi connectivity index (χ3v) is 6.13. The van der Waals surface area contributed by atoms with E-state index in [2.05, 4.69) is 9.88 Å². The van der Waals surface area contributed by atoms with Crippen LogP contribution in [-0.4, -0.2) is 53.7 Å². The lowest BCUT2D eigenvalue weighted by Gasteiger charge is -2.34. The standard InChI is InChI=1S/C21H21N3O4S/c25-20(24-7-5-23(6-8-24)12-17-2-1-9-26-17)11-16-13-29-21(22-16)15-3-4-18-19(10-15)28-14-27-18/h1-4,9-10,13H,5-8,11-12,14H2. The summed E-state index contributed by atoms with van der Waals surface area (Å²) in [4.78, 5) is 21.6. The highest BCUT2D eigenvalue weighted by molar-refractivity contribution is 7.13. The second-order valence-corrected chi connectivity index (χ2v) is 7.98. The number of aromatic nitrogens is 1. The molecule has 0 N–H and O–H groups in total. The first-order chi connectivity index (χ1) is 14.2. The molecule has 0 saturated carbocycles. The van der Waals surface area contributed by atoms with Crippen LogP contribution in [0.2, 0.25) is 0 Å². The van der Waals surface area contributed by atoms with Crippen molar-refractivity contribution in [2.45, 2.75) is 13.0 Å². The minimum atomic E-state index is 0.130. The van der Waals surface area contributed by atoms with Gasteiger partial charge < -0.3 is 18.8 Å². The first-order valence-corrected chi connectivity index (χ1v) is 10.5. The first kappa shape index (κ1) is 18.2. The van der Waals surface area contributed by atoms with E-state index in [-0.39, 0.29) is 12.7 Å². The molecular weight excluding hydrogens is 390 g/mol. The summed E-state index contributed by atoms with van der Waals surface area (Å²) >= 11 is 1.54. The molecule has 2 aliphatic heterocycles. The van der Waals surface area contributed by atoms with E-state index in [0.717, 1.165) is 66.2 Å². The highest BCUT2D eigenvalue weighted by Crippen LogP contribution is 2.36. The van der Waals surface area contributed by atoms with Crippen LogP contribution >= 0.6 is 11.3 Å². The number of thiazole rings is 1. The van der Waals surface area contributed by atoms with Crippen LogP contribution in [0.3, 0.4) is 0 Å². The Bertz CT molecular complexity index is 993. The summed E-state index contributed by atoms with van der Waals surface area (Å²) in [7, 11) is 0. The molecule has 150 valence electrons. The molecule has 7 nitrogen and oxygen atoms in total. The van der Waals surface area contributed by atoms with Crippen LogP contribution in [-0.2, 0) is 17.8 Å². The molecule has 0 unspecified atom stereocenters. The van der Waals surface area contributed by atoms with E-state index in [1.165, 1.54) is 0 Å². The SMILES string of the molecule is O=C(Cc1csc(-c2ccc3c(c2)OCO3)n1)N1CCN(Cc2ccco2)CC1. The van der Waals surface area contributed by atoms with Crippen molar-refractivity contribution < 1.29 is 18.7 Å². The molecule has 0 spiro atoms. The highest BCUT2D eigenvalue weighted by Gasteiger charge is 2.23. The molecule has 4 heterocycles. The average Bonchev–Trinajstić information content (AvgIpc) is 3.50. The number of hydrogen-bond acceptors (Lipinski definition) is 7. The lowest BCUT2D eigenvalue weighted by atomic mass is 10.2. The molecule has 8 heteroatoms. The number of nitrogens with zero attached hydrogens (tertiary/aromatic N) is 3. The first-order valence-electron chi connectivity index (χ1n) is 9.61. The predicted octanol–water partition coefficient (Wildman–Crippen LogP) is 3.02. The molecule has 2 aliphatic rings. The topological polar surface area (TPSA) is 68.0 Å². The largest absolute Gasteiger partial charge is 0.468 e. The van der Waals surface area contributed by atoms with E-state index in [1.54, 1.807) is 17.6 Å². The molecule has 0 aliphatic carbocycles. The maximum Gasteiger partial charge on any atom is 0.231 e. The Labute approximate surface area is 172 Å². The summed E-state index contributed by atoms with van der Waals surface area (Å²) < 4.78 is 16.2. The quantitative estimate of drug-likeness (QED) is 0.643. The van der Waals surface area contributed by atoms with Gasteiger partial charge in [-0.3, -0.25) is 9.69 Å². The van der Waals surface area contributed by atoms with Gasteiger partial charge in [0.1, 0.15) is 10.8 Å². The lowest BCUT2D eigenvalue weighted by Crippen LogP contribution is -2.48. The van der Waals surface area contributed by atoms with Crippen molar-refractivity contribution in [2.75, 3.05) is 33.0 Å². The van der Waals surface area contributed by atoms with Crippen LogP contribution in [0, 0.1) is 0 Å². The second-order valence-electron chi connectivity index (χ2n) is 7.13. The molecular formula is C21H21N3O4S. The van der Waals surface area contributed by atoms with E-state index in [1.807, 2.05) is 40.6 Å². The third-order valence-electron chi connectivity index (χ3n) is 5.19. The number of rotatable bonds is 5. The van der Waals surface area contributed by atoms with Crippen molar-refractivity contribution in [1.29, 1.82) is 0 Å². The van der Waals surface area contributed by atoms with Crippen molar-refractivity contribution in [3.8, 4) is 22.1 Å². The minimum absolute atomic E-state index is 0.130. The van der Waals surface area contributed by atoms with E-state index in [4.69, 9.17) is 13.9 Å². The van der Waals surface area contributed by atoms with Crippen molar-refractivity contribution >= 4 is 17.2 Å². The van der Waals surface area contributed by atoms with Crippen LogP contribution in [0.5, 0.6) is 11.5 Å². The van der Waals surface area contributed by atoms with Gasteiger partial charge in [-0.1, -0.05) is 0 Å². The number of amides is 1. The van der Waals surface area contributed by atoms with Crippen LogP contribution in [0.15, 0.2) is 46.4 Å². The Kier molecular flexibility index (Phi) is 4.95. The van der Waals surface area contributed by atoms with Gasteiger partial charge in [0.15, 0.2) is 11.5 Å². The number of fused-ring (bicyclic) bond motifs is 1. The summed E-state index contributed by atoms with van der Waals surface area (Å²) in [6.07, 6.45) is 2.03. The third kappa shape index (κ3) is 3.99. The molecule has 2 aromatic heterocycles. The van der Waals surface area contributed by atoms with Crippen molar-refractivity contribution in [1.82, 2.24) is 14.8 Å². The van der Waals surface area contributed by atoms with Gasteiger partial charge in [0.25, 0.3) is 0 Å². The van der Waals surface area contributed by atoms with Crippen molar-refractivity contribution in [2.24, 2.45) is 0 Å². The number of carbonyl (C=O) groups is 1. The summed E-state index contributed by atoms with van der Waals surface area (Å²) in [5, 5.41) is 2.85. The lowest BCUT2D eigenvalue weighted by molar-refractivity contribution is -0.132. The number of benzene rings is 1. The molecule has 5 rings (SSSR count). The molecule has 0 radical (unpaired) electrons. The molecule has 0 bridgehead atoms. The number of furan rings is 1. The van der Waals surface area contributed by atoms with E-state index in [9.17, 15) is 4.79 Å². The second kappa shape index (κ2) is 7.88. The zero-order chi connectivity index (χ0) is 19.6. The molecule has 1 amide bonds. The Hall–Kier alpha value is -2.84. The molecule has 1 aromatic carbocycles. The fourth-order valence-corrected chi connectivity index (χ4v) is 4.41. The van der Waals surface area contributed by atoms with Gasteiger partial charge in [0.05, 0.1) is 24.9 Å². The van der Waals surface area contributed by atoms with Crippen LogP contribution < -0.4 is 9.47 Å². The number of hydrogen-bond donors (Lipinski definition) is 0. The van der Waals surface area contributed by atoms with E-state index in [0.29, 0.717) is 6.42 Å². The Morgan fingerprint density at radius 2 is 1.97 bits per heavy atom. The Morgan fingerprint density at radius 3 is 2.79 bits per heavy atom. The molecule has 0 atom stereocenters. The number of piperazine rings is 1. The fraction of sp³-hybridized carbons (Fsp3) is 0.333. The molecule has 3 aromatic rings. The monoisotopic (exact) mass is 411 g/mol. The Morgan fingerprint density at radius 1 is 1.10 bits per heavy atom. The van der Waals surface area contributed by atoms with Crippen LogP contribution in [0.4, 0.5) is 0 Å². The van der Waals surface area contributed by atoms with Gasteiger partial charge in [-0.25, -0.2) is 4.98 Å². The van der Waals surface area contributed by atoms with Gasteiger partial charge in [0.2, 0.25) is 12.7 Å².